The lowest BCUT2D eigenvalue weighted by molar-refractivity contribution is -0.123. The number of benzene rings is 1. The molecular weight excluding hydrogens is 324 g/mol. The number of rotatable bonds is 7. The number of aryl methyl sites for hydroxylation is 1. The van der Waals surface area contributed by atoms with Gasteiger partial charge in [0.05, 0.1) is 12.2 Å². The van der Waals surface area contributed by atoms with E-state index in [-0.39, 0.29) is 11.9 Å². The first kappa shape index (κ1) is 18.6. The van der Waals surface area contributed by atoms with E-state index < -0.39 is 0 Å². The average Bonchev–Trinajstić information content (AvgIpc) is 3.08. The molecule has 1 atom stereocenters. The van der Waals surface area contributed by atoms with Crippen molar-refractivity contribution in [3.05, 3.63) is 53.9 Å². The summed E-state index contributed by atoms with van der Waals surface area (Å²) >= 11 is 0. The van der Waals surface area contributed by atoms with Crippen LogP contribution < -0.4 is 5.32 Å². The molecule has 3 rings (SSSR count). The molecular formula is C21H30N4O. The number of nitrogens with zero attached hydrogens (tertiary/aromatic N) is 3. The summed E-state index contributed by atoms with van der Waals surface area (Å²) in [5.74, 6) is 0.663. The molecule has 1 saturated heterocycles. The minimum Gasteiger partial charge on any atom is -0.349 e. The third-order valence-corrected chi connectivity index (χ3v) is 5.30. The second kappa shape index (κ2) is 8.99. The molecule has 2 heterocycles. The Hall–Kier alpha value is -2.14. The number of amides is 1. The predicted octanol–water partition coefficient (Wildman–Crippen LogP) is 3.29. The molecule has 1 fully saturated rings. The molecule has 0 bridgehead atoms. The minimum absolute atomic E-state index is 0.0642. The first-order valence-electron chi connectivity index (χ1n) is 9.68. The number of piperidine rings is 1. The van der Waals surface area contributed by atoms with Crippen molar-refractivity contribution in [1.29, 1.82) is 0 Å². The Balaban J connectivity index is 1.43. The summed E-state index contributed by atoms with van der Waals surface area (Å²) < 4.78 is 1.78. The maximum absolute atomic E-state index is 12.5. The Bertz CT molecular complexity index is 689. The molecule has 5 nitrogen and oxygen atoms in total. The first-order valence-corrected chi connectivity index (χ1v) is 9.68. The Labute approximate surface area is 156 Å². The Morgan fingerprint density at radius 2 is 2.00 bits per heavy atom. The lowest BCUT2D eigenvalue weighted by Crippen LogP contribution is -2.36. The van der Waals surface area contributed by atoms with Crippen molar-refractivity contribution in [2.75, 3.05) is 13.1 Å². The van der Waals surface area contributed by atoms with E-state index in [4.69, 9.17) is 0 Å². The molecule has 1 amide bonds. The van der Waals surface area contributed by atoms with Gasteiger partial charge in [0, 0.05) is 31.8 Å². The highest BCUT2D eigenvalue weighted by molar-refractivity contribution is 5.76. The summed E-state index contributed by atoms with van der Waals surface area (Å²) in [6, 6.07) is 10.7. The maximum atomic E-state index is 12.5. The lowest BCUT2D eigenvalue weighted by atomic mass is 9.92. The number of hydrogen-bond acceptors (Lipinski definition) is 3. The van der Waals surface area contributed by atoms with Crippen molar-refractivity contribution in [3.8, 4) is 0 Å². The summed E-state index contributed by atoms with van der Waals surface area (Å²) in [7, 11) is 1.90. The number of carbonyl (C=O) groups excluding carboxylic acids is 1. The van der Waals surface area contributed by atoms with Crippen LogP contribution in [0.25, 0.3) is 0 Å². The van der Waals surface area contributed by atoms with Crippen LogP contribution in [-0.4, -0.2) is 33.7 Å². The molecule has 140 valence electrons. The molecule has 0 saturated carbocycles. The Morgan fingerprint density at radius 3 is 2.62 bits per heavy atom. The molecule has 0 radical (unpaired) electrons. The molecule has 5 heteroatoms. The van der Waals surface area contributed by atoms with E-state index in [1.165, 1.54) is 5.56 Å². The molecule has 2 aromatic rings. The summed E-state index contributed by atoms with van der Waals surface area (Å²) in [4.78, 5) is 15.0. The van der Waals surface area contributed by atoms with Crippen LogP contribution in [-0.2, 0) is 18.4 Å². The van der Waals surface area contributed by atoms with Gasteiger partial charge in [0.1, 0.15) is 0 Å². The molecule has 0 aliphatic carbocycles. The predicted molar refractivity (Wildman–Crippen MR) is 103 cm³/mol. The maximum Gasteiger partial charge on any atom is 0.220 e. The largest absolute Gasteiger partial charge is 0.349 e. The van der Waals surface area contributed by atoms with Crippen molar-refractivity contribution < 1.29 is 4.79 Å². The highest BCUT2D eigenvalue weighted by Gasteiger charge is 2.23. The fourth-order valence-corrected chi connectivity index (χ4v) is 3.75. The number of nitrogens with one attached hydrogen (secondary N) is 1. The van der Waals surface area contributed by atoms with Crippen molar-refractivity contribution in [2.24, 2.45) is 13.0 Å². The van der Waals surface area contributed by atoms with E-state index in [2.05, 4.69) is 52.6 Å². The van der Waals surface area contributed by atoms with Crippen LogP contribution in [0.5, 0.6) is 0 Å². The van der Waals surface area contributed by atoms with Crippen LogP contribution in [0.4, 0.5) is 0 Å². The van der Waals surface area contributed by atoms with Gasteiger partial charge in [0.2, 0.25) is 5.91 Å². The second-order valence-electron chi connectivity index (χ2n) is 7.38. The SMILES string of the molecule is CC[C@@H](NC(=O)CC1CCN(Cc2ccccc2)CC1)c1cnn(C)c1. The van der Waals surface area contributed by atoms with Crippen LogP contribution in [0.2, 0.25) is 0 Å². The van der Waals surface area contributed by atoms with E-state index in [0.717, 1.165) is 44.5 Å². The second-order valence-corrected chi connectivity index (χ2v) is 7.38. The van der Waals surface area contributed by atoms with Crippen LogP contribution in [0.1, 0.15) is 49.8 Å². The van der Waals surface area contributed by atoms with Crippen LogP contribution >= 0.6 is 0 Å². The van der Waals surface area contributed by atoms with Crippen molar-refractivity contribution in [2.45, 2.75) is 45.2 Å². The summed E-state index contributed by atoms with van der Waals surface area (Å²) in [6.07, 6.45) is 7.55. The van der Waals surface area contributed by atoms with Crippen molar-refractivity contribution >= 4 is 5.91 Å². The fourth-order valence-electron chi connectivity index (χ4n) is 3.75. The summed E-state index contributed by atoms with van der Waals surface area (Å²) in [6.45, 7) is 5.26. The Kier molecular flexibility index (Phi) is 6.45. The average molecular weight is 354 g/mol. The zero-order valence-electron chi connectivity index (χ0n) is 15.9. The third-order valence-electron chi connectivity index (χ3n) is 5.30. The smallest absolute Gasteiger partial charge is 0.220 e. The van der Waals surface area contributed by atoms with Gasteiger partial charge in [-0.1, -0.05) is 37.3 Å². The molecule has 1 aliphatic rings. The first-order chi connectivity index (χ1) is 12.6. The van der Waals surface area contributed by atoms with Gasteiger partial charge in [0.15, 0.2) is 0 Å². The van der Waals surface area contributed by atoms with E-state index in [1.807, 2.05) is 19.4 Å². The van der Waals surface area contributed by atoms with Gasteiger partial charge in [-0.15, -0.1) is 0 Å². The number of aromatic nitrogens is 2. The van der Waals surface area contributed by atoms with Crippen molar-refractivity contribution in [1.82, 2.24) is 20.0 Å². The highest BCUT2D eigenvalue weighted by Crippen LogP contribution is 2.23. The summed E-state index contributed by atoms with van der Waals surface area (Å²) in [5, 5.41) is 7.40. The normalized spacial score (nSPS) is 17.2. The lowest BCUT2D eigenvalue weighted by Gasteiger charge is -2.32. The quantitative estimate of drug-likeness (QED) is 0.830. The van der Waals surface area contributed by atoms with Gasteiger partial charge in [-0.2, -0.15) is 5.10 Å². The van der Waals surface area contributed by atoms with Gasteiger partial charge < -0.3 is 5.32 Å². The molecule has 26 heavy (non-hydrogen) atoms. The van der Waals surface area contributed by atoms with E-state index in [1.54, 1.807) is 4.68 Å². The highest BCUT2D eigenvalue weighted by atomic mass is 16.1. The van der Waals surface area contributed by atoms with Gasteiger partial charge >= 0.3 is 0 Å². The van der Waals surface area contributed by atoms with Crippen LogP contribution in [0.15, 0.2) is 42.7 Å². The third kappa shape index (κ3) is 5.18. The molecule has 1 aromatic carbocycles. The number of likely N-dealkylation sites (tertiary alicyclic amines) is 1. The van der Waals surface area contributed by atoms with Gasteiger partial charge in [-0.25, -0.2) is 0 Å². The standard InChI is InChI=1S/C21H30N4O/c1-3-20(19-14-22-24(2)16-19)23-21(26)13-17-9-11-25(12-10-17)15-18-7-5-4-6-8-18/h4-8,14,16-17,20H,3,9-13,15H2,1-2H3,(H,23,26)/t20-/m1/s1. The number of hydrogen-bond donors (Lipinski definition) is 1. The zero-order chi connectivity index (χ0) is 18.4. The van der Waals surface area contributed by atoms with Gasteiger partial charge in [-0.05, 0) is 43.8 Å². The van der Waals surface area contributed by atoms with Crippen LogP contribution in [0.3, 0.4) is 0 Å². The van der Waals surface area contributed by atoms with E-state index in [9.17, 15) is 4.79 Å². The molecule has 1 aromatic heterocycles. The van der Waals surface area contributed by atoms with Gasteiger partial charge in [0.25, 0.3) is 0 Å². The molecule has 1 N–H and O–H groups in total. The van der Waals surface area contributed by atoms with Gasteiger partial charge in [-0.3, -0.25) is 14.4 Å². The fraction of sp³-hybridized carbons (Fsp3) is 0.524. The zero-order valence-corrected chi connectivity index (χ0v) is 15.9. The van der Waals surface area contributed by atoms with Crippen molar-refractivity contribution in [3.63, 3.8) is 0 Å². The Morgan fingerprint density at radius 1 is 1.27 bits per heavy atom. The van der Waals surface area contributed by atoms with E-state index in [0.29, 0.717) is 12.3 Å². The van der Waals surface area contributed by atoms with E-state index >= 15 is 0 Å². The molecule has 0 spiro atoms. The topological polar surface area (TPSA) is 50.2 Å². The number of carbonyl (C=O) groups is 1. The monoisotopic (exact) mass is 354 g/mol. The minimum atomic E-state index is 0.0642. The molecule has 1 aliphatic heterocycles. The molecule has 0 unspecified atom stereocenters. The van der Waals surface area contributed by atoms with Crippen LogP contribution in [0, 0.1) is 5.92 Å². The summed E-state index contributed by atoms with van der Waals surface area (Å²) in [5.41, 5.74) is 2.45.